The zero-order chi connectivity index (χ0) is 22.4. The third-order valence-corrected chi connectivity index (χ3v) is 4.45. The summed E-state index contributed by atoms with van der Waals surface area (Å²) in [6, 6.07) is 11.3. The van der Waals surface area contributed by atoms with Crippen LogP contribution < -0.4 is 25.3 Å². The highest BCUT2D eigenvalue weighted by Gasteiger charge is 2.32. The molecule has 0 atom stereocenters. The van der Waals surface area contributed by atoms with Crippen molar-refractivity contribution in [3.8, 4) is 17.2 Å². The van der Waals surface area contributed by atoms with Crippen LogP contribution in [0.2, 0.25) is 0 Å². The Kier molecular flexibility index (Phi) is 8.87. The number of hydrogen-bond acceptors (Lipinski definition) is 4. The zero-order valence-corrected chi connectivity index (χ0v) is 19.8. The van der Waals surface area contributed by atoms with Crippen LogP contribution in [0.1, 0.15) is 12.1 Å². The van der Waals surface area contributed by atoms with E-state index in [0.717, 1.165) is 16.6 Å². The van der Waals surface area contributed by atoms with Crippen LogP contribution in [0.3, 0.4) is 0 Å². The Bertz CT molecular complexity index is 1070. The molecular formula is C21H24F3IN4O3. The van der Waals surface area contributed by atoms with Gasteiger partial charge < -0.3 is 30.2 Å². The molecule has 0 amide bonds. The molecule has 0 saturated carbocycles. The van der Waals surface area contributed by atoms with Crippen LogP contribution >= 0.6 is 24.0 Å². The monoisotopic (exact) mass is 564 g/mol. The van der Waals surface area contributed by atoms with Gasteiger partial charge in [-0.2, -0.15) is 0 Å². The summed E-state index contributed by atoms with van der Waals surface area (Å²) in [6.45, 7) is 0.386. The molecule has 1 aromatic heterocycles. The summed E-state index contributed by atoms with van der Waals surface area (Å²) in [4.78, 5) is 7.50. The highest BCUT2D eigenvalue weighted by molar-refractivity contribution is 14.0. The molecule has 0 bridgehead atoms. The SMILES string of the molecule is COc1cc(OC)c2cc(CCCN=C(N)Nc3ccccc3OC(F)(F)F)[nH]c2c1.I. The van der Waals surface area contributed by atoms with Gasteiger partial charge in [0.15, 0.2) is 11.7 Å². The normalized spacial score (nSPS) is 11.7. The number of nitrogens with zero attached hydrogens (tertiary/aromatic N) is 1. The van der Waals surface area contributed by atoms with Crippen LogP contribution in [0.25, 0.3) is 10.9 Å². The second kappa shape index (κ2) is 11.2. The van der Waals surface area contributed by atoms with Gasteiger partial charge >= 0.3 is 6.36 Å². The molecule has 7 nitrogen and oxygen atoms in total. The Balaban J connectivity index is 0.00000363. The fourth-order valence-corrected chi connectivity index (χ4v) is 3.09. The summed E-state index contributed by atoms with van der Waals surface area (Å²) in [6.07, 6.45) is -3.42. The van der Waals surface area contributed by atoms with E-state index in [4.69, 9.17) is 15.2 Å². The maximum atomic E-state index is 12.5. The third-order valence-electron chi connectivity index (χ3n) is 4.45. The van der Waals surface area contributed by atoms with E-state index in [1.54, 1.807) is 20.3 Å². The second-order valence-corrected chi connectivity index (χ2v) is 6.62. The van der Waals surface area contributed by atoms with Crippen LogP contribution in [-0.4, -0.2) is 38.1 Å². The fourth-order valence-electron chi connectivity index (χ4n) is 3.09. The minimum Gasteiger partial charge on any atom is -0.497 e. The van der Waals surface area contributed by atoms with Crippen molar-refractivity contribution >= 4 is 46.5 Å². The van der Waals surface area contributed by atoms with E-state index < -0.39 is 6.36 Å². The van der Waals surface area contributed by atoms with Crippen molar-refractivity contribution < 1.29 is 27.4 Å². The van der Waals surface area contributed by atoms with Crippen molar-refractivity contribution in [3.63, 3.8) is 0 Å². The van der Waals surface area contributed by atoms with E-state index in [2.05, 4.69) is 20.0 Å². The molecule has 32 heavy (non-hydrogen) atoms. The average molecular weight is 564 g/mol. The number of ether oxygens (including phenoxy) is 3. The van der Waals surface area contributed by atoms with Crippen LogP contribution in [0.4, 0.5) is 18.9 Å². The highest BCUT2D eigenvalue weighted by atomic mass is 127. The molecule has 0 aliphatic carbocycles. The number of aryl methyl sites for hydroxylation is 1. The Hall–Kier alpha value is -2.83. The van der Waals surface area contributed by atoms with E-state index in [0.29, 0.717) is 30.9 Å². The molecule has 11 heteroatoms. The van der Waals surface area contributed by atoms with Gasteiger partial charge in [0.2, 0.25) is 0 Å². The quantitative estimate of drug-likeness (QED) is 0.154. The first kappa shape index (κ1) is 25.4. The van der Waals surface area contributed by atoms with E-state index in [1.165, 1.54) is 18.2 Å². The van der Waals surface area contributed by atoms with Crippen LogP contribution in [0, 0.1) is 0 Å². The lowest BCUT2D eigenvalue weighted by Crippen LogP contribution is -2.24. The van der Waals surface area contributed by atoms with Gasteiger partial charge in [-0.05, 0) is 31.0 Å². The Morgan fingerprint density at radius 2 is 1.84 bits per heavy atom. The smallest absolute Gasteiger partial charge is 0.497 e. The Morgan fingerprint density at radius 1 is 1.09 bits per heavy atom. The van der Waals surface area contributed by atoms with E-state index in [9.17, 15) is 13.2 Å². The van der Waals surface area contributed by atoms with Crippen molar-refractivity contribution in [1.82, 2.24) is 4.98 Å². The average Bonchev–Trinajstić information content (AvgIpc) is 3.13. The summed E-state index contributed by atoms with van der Waals surface area (Å²) < 4.78 is 52.2. The number of methoxy groups -OCH3 is 2. The van der Waals surface area contributed by atoms with Crippen LogP contribution in [-0.2, 0) is 6.42 Å². The lowest BCUT2D eigenvalue weighted by molar-refractivity contribution is -0.274. The first-order valence-electron chi connectivity index (χ1n) is 9.44. The maximum absolute atomic E-state index is 12.5. The number of anilines is 1. The van der Waals surface area contributed by atoms with Gasteiger partial charge in [-0.3, -0.25) is 4.99 Å². The number of nitrogens with one attached hydrogen (secondary N) is 2. The molecule has 0 fully saturated rings. The van der Waals surface area contributed by atoms with Crippen molar-refractivity contribution in [2.75, 3.05) is 26.1 Å². The standard InChI is InChI=1S/C21H23F3N4O3.HI/c1-29-14-11-17-15(19(12-14)30-2)10-13(27-17)6-5-9-26-20(25)28-16-7-3-4-8-18(16)31-21(22,23)24;/h3-4,7-8,10-12,27H,5-6,9H2,1-2H3,(H3,25,26,28);1H. The molecule has 0 radical (unpaired) electrons. The predicted octanol–water partition coefficient (Wildman–Crippen LogP) is 5.06. The van der Waals surface area contributed by atoms with Gasteiger partial charge in [0.05, 0.1) is 25.4 Å². The molecule has 2 aromatic carbocycles. The lowest BCUT2D eigenvalue weighted by atomic mass is 10.2. The molecule has 174 valence electrons. The van der Waals surface area contributed by atoms with Crippen LogP contribution in [0.5, 0.6) is 17.2 Å². The molecule has 3 aromatic rings. The number of aromatic amines is 1. The van der Waals surface area contributed by atoms with Gasteiger partial charge in [-0.25, -0.2) is 0 Å². The molecule has 0 saturated heterocycles. The van der Waals surface area contributed by atoms with Gasteiger partial charge in [0.25, 0.3) is 0 Å². The molecule has 0 spiro atoms. The number of aromatic nitrogens is 1. The fraction of sp³-hybridized carbons (Fsp3) is 0.286. The predicted molar refractivity (Wildman–Crippen MR) is 128 cm³/mol. The second-order valence-electron chi connectivity index (χ2n) is 6.62. The summed E-state index contributed by atoms with van der Waals surface area (Å²) >= 11 is 0. The topological polar surface area (TPSA) is 93.9 Å². The number of para-hydroxylation sites is 2. The number of guanidine groups is 1. The molecule has 1 heterocycles. The van der Waals surface area contributed by atoms with Crippen molar-refractivity contribution in [2.45, 2.75) is 19.2 Å². The van der Waals surface area contributed by atoms with Crippen molar-refractivity contribution in [3.05, 3.63) is 48.2 Å². The molecular weight excluding hydrogens is 540 g/mol. The first-order valence-corrected chi connectivity index (χ1v) is 9.44. The largest absolute Gasteiger partial charge is 0.573 e. The number of hydrogen-bond donors (Lipinski definition) is 3. The van der Waals surface area contributed by atoms with Gasteiger partial charge in [0.1, 0.15) is 11.5 Å². The minimum absolute atomic E-state index is 0. The minimum atomic E-state index is -4.80. The molecule has 0 unspecified atom stereocenters. The number of aliphatic imine (C=N–C) groups is 1. The Morgan fingerprint density at radius 3 is 2.53 bits per heavy atom. The number of nitrogens with two attached hydrogens (primary N) is 1. The summed E-state index contributed by atoms with van der Waals surface area (Å²) in [5, 5.41) is 3.59. The van der Waals surface area contributed by atoms with E-state index in [1.807, 2.05) is 18.2 Å². The van der Waals surface area contributed by atoms with Gasteiger partial charge in [0, 0.05) is 29.8 Å². The number of benzene rings is 2. The molecule has 0 aliphatic rings. The summed E-state index contributed by atoms with van der Waals surface area (Å²) in [5.74, 6) is 1.02. The third kappa shape index (κ3) is 6.84. The summed E-state index contributed by atoms with van der Waals surface area (Å²) in [5.41, 5.74) is 7.79. The Labute approximate surface area is 200 Å². The van der Waals surface area contributed by atoms with Crippen molar-refractivity contribution in [2.24, 2.45) is 10.7 Å². The van der Waals surface area contributed by atoms with E-state index in [-0.39, 0.29) is 41.4 Å². The number of rotatable bonds is 8. The zero-order valence-electron chi connectivity index (χ0n) is 17.5. The lowest BCUT2D eigenvalue weighted by Gasteiger charge is -2.14. The molecule has 0 aliphatic heterocycles. The molecule has 3 rings (SSSR count). The maximum Gasteiger partial charge on any atom is 0.573 e. The van der Waals surface area contributed by atoms with E-state index >= 15 is 0 Å². The first-order chi connectivity index (χ1) is 14.8. The van der Waals surface area contributed by atoms with Crippen molar-refractivity contribution in [1.29, 1.82) is 0 Å². The van der Waals surface area contributed by atoms with Gasteiger partial charge in [-0.15, -0.1) is 37.1 Å². The van der Waals surface area contributed by atoms with Crippen LogP contribution in [0.15, 0.2) is 47.5 Å². The van der Waals surface area contributed by atoms with Gasteiger partial charge in [-0.1, -0.05) is 12.1 Å². The summed E-state index contributed by atoms with van der Waals surface area (Å²) in [7, 11) is 3.19. The number of alkyl halides is 3. The number of fused-ring (bicyclic) bond motifs is 1. The molecule has 4 N–H and O–H groups in total. The number of halogens is 4. The number of H-pyrrole nitrogens is 1. The highest BCUT2D eigenvalue weighted by Crippen LogP contribution is 2.32.